The number of ether oxygens (including phenoxy) is 5. The molecule has 0 bridgehead atoms. The molecule has 5 heteroatoms. The molecule has 1 aliphatic carbocycles. The molecule has 134 valence electrons. The van der Waals surface area contributed by atoms with E-state index in [0.717, 1.165) is 12.8 Å². The highest BCUT2D eigenvalue weighted by atomic mass is 16.7. The first-order chi connectivity index (χ1) is 11.6. The zero-order valence-corrected chi connectivity index (χ0v) is 15.2. The average molecular weight is 336 g/mol. The minimum absolute atomic E-state index is 0.105. The highest BCUT2D eigenvalue weighted by Gasteiger charge is 2.47. The summed E-state index contributed by atoms with van der Waals surface area (Å²) < 4.78 is 29.2. The second kappa shape index (κ2) is 7.50. The molecule has 1 aliphatic heterocycles. The zero-order valence-electron chi connectivity index (χ0n) is 15.2. The van der Waals surface area contributed by atoms with Crippen LogP contribution in [0.15, 0.2) is 18.2 Å². The van der Waals surface area contributed by atoms with Crippen LogP contribution >= 0.6 is 0 Å². The predicted molar refractivity (Wildman–Crippen MR) is 90.2 cm³/mol. The van der Waals surface area contributed by atoms with E-state index in [1.165, 1.54) is 16.7 Å². The Morgan fingerprint density at radius 1 is 0.917 bits per heavy atom. The van der Waals surface area contributed by atoms with Crippen LogP contribution in [0.5, 0.6) is 0 Å². The average Bonchev–Trinajstić information content (AvgIpc) is 2.95. The zero-order chi connectivity index (χ0) is 17.3. The van der Waals surface area contributed by atoms with Crippen molar-refractivity contribution in [2.24, 2.45) is 0 Å². The van der Waals surface area contributed by atoms with E-state index in [4.69, 9.17) is 23.7 Å². The summed E-state index contributed by atoms with van der Waals surface area (Å²) in [7, 11) is 5.00. The molecule has 5 nitrogen and oxygen atoms in total. The third kappa shape index (κ3) is 3.37. The largest absolute Gasteiger partial charge is 0.376 e. The lowest BCUT2D eigenvalue weighted by atomic mass is 9.99. The number of benzene rings is 1. The predicted octanol–water partition coefficient (Wildman–Crippen LogP) is 2.27. The van der Waals surface area contributed by atoms with Gasteiger partial charge < -0.3 is 23.7 Å². The smallest absolute Gasteiger partial charge is 0.187 e. The van der Waals surface area contributed by atoms with Crippen LogP contribution in [-0.2, 0) is 36.5 Å². The van der Waals surface area contributed by atoms with Gasteiger partial charge in [0, 0.05) is 21.3 Å². The Labute approximate surface area is 144 Å². The molecule has 0 amide bonds. The van der Waals surface area contributed by atoms with E-state index in [0.29, 0.717) is 0 Å². The highest BCUT2D eigenvalue weighted by Crippen LogP contribution is 2.31. The summed E-state index contributed by atoms with van der Waals surface area (Å²) in [4.78, 5) is 0. The summed E-state index contributed by atoms with van der Waals surface area (Å²) >= 11 is 0. The Balaban J connectivity index is 1.70. The van der Waals surface area contributed by atoms with Gasteiger partial charge >= 0.3 is 0 Å². The van der Waals surface area contributed by atoms with E-state index in [9.17, 15) is 0 Å². The molecule has 3 rings (SSSR count). The third-order valence-corrected chi connectivity index (χ3v) is 5.13. The van der Waals surface area contributed by atoms with Gasteiger partial charge in [-0.2, -0.15) is 0 Å². The quantitative estimate of drug-likeness (QED) is 0.825. The van der Waals surface area contributed by atoms with Gasteiger partial charge in [0.15, 0.2) is 6.29 Å². The molecular weight excluding hydrogens is 308 g/mol. The Bertz CT molecular complexity index is 561. The number of hydrogen-bond donors (Lipinski definition) is 0. The van der Waals surface area contributed by atoms with Crippen molar-refractivity contribution in [3.8, 4) is 0 Å². The molecular formula is C19H28O5. The monoisotopic (exact) mass is 336 g/mol. The lowest BCUT2D eigenvalue weighted by Crippen LogP contribution is -2.59. The Morgan fingerprint density at radius 2 is 1.58 bits per heavy atom. The Morgan fingerprint density at radius 3 is 2.25 bits per heavy atom. The van der Waals surface area contributed by atoms with Crippen LogP contribution in [-0.4, -0.2) is 58.1 Å². The van der Waals surface area contributed by atoms with E-state index in [2.05, 4.69) is 25.1 Å². The lowest BCUT2D eigenvalue weighted by molar-refractivity contribution is -0.314. The topological polar surface area (TPSA) is 46.2 Å². The normalized spacial score (nSPS) is 35.9. The molecule has 1 heterocycles. The molecule has 0 radical (unpaired) electrons. The molecule has 1 unspecified atom stereocenters. The summed E-state index contributed by atoms with van der Waals surface area (Å²) in [6, 6.07) is 6.60. The molecule has 24 heavy (non-hydrogen) atoms. The molecule has 0 spiro atoms. The van der Waals surface area contributed by atoms with Gasteiger partial charge in [0.05, 0.1) is 12.2 Å². The van der Waals surface area contributed by atoms with Gasteiger partial charge in [-0.25, -0.2) is 0 Å². The van der Waals surface area contributed by atoms with Crippen molar-refractivity contribution in [1.82, 2.24) is 0 Å². The molecule has 6 atom stereocenters. The number of methoxy groups -OCH3 is 3. The number of hydrogen-bond acceptors (Lipinski definition) is 5. The molecule has 1 saturated heterocycles. The van der Waals surface area contributed by atoms with Crippen LogP contribution in [0.25, 0.3) is 0 Å². The first-order valence-corrected chi connectivity index (χ1v) is 8.55. The third-order valence-electron chi connectivity index (χ3n) is 5.13. The van der Waals surface area contributed by atoms with E-state index in [1.807, 2.05) is 6.92 Å². The minimum Gasteiger partial charge on any atom is -0.376 e. The van der Waals surface area contributed by atoms with Gasteiger partial charge in [0.1, 0.15) is 18.3 Å². The van der Waals surface area contributed by atoms with Gasteiger partial charge in [-0.1, -0.05) is 23.8 Å². The van der Waals surface area contributed by atoms with E-state index < -0.39 is 6.29 Å². The molecule has 1 fully saturated rings. The van der Waals surface area contributed by atoms with Crippen molar-refractivity contribution >= 4 is 0 Å². The molecule has 1 aromatic rings. The standard InChI is InChI=1S/C19H28O5/c1-11-6-7-13-9-15(10-14(13)8-11)24-19-18(22-5)17(21-4)16(20-3)12(2)23-19/h6-8,12,15-19H,9-10H2,1-5H3/t12-,15?,16-,17+,18+,19-/m0/s1. The second-order valence-electron chi connectivity index (χ2n) is 6.75. The fourth-order valence-electron chi connectivity index (χ4n) is 3.92. The van der Waals surface area contributed by atoms with Gasteiger partial charge in [0.2, 0.25) is 0 Å². The van der Waals surface area contributed by atoms with Crippen LogP contribution < -0.4 is 0 Å². The van der Waals surface area contributed by atoms with Gasteiger partial charge in [-0.15, -0.1) is 0 Å². The fraction of sp³-hybridized carbons (Fsp3) is 0.684. The first-order valence-electron chi connectivity index (χ1n) is 8.55. The number of aryl methyl sites for hydroxylation is 1. The summed E-state index contributed by atoms with van der Waals surface area (Å²) in [5, 5.41) is 0. The molecule has 1 aromatic carbocycles. The Kier molecular flexibility index (Phi) is 5.57. The lowest BCUT2D eigenvalue weighted by Gasteiger charge is -2.44. The van der Waals surface area contributed by atoms with Gasteiger partial charge in [-0.3, -0.25) is 0 Å². The van der Waals surface area contributed by atoms with Crippen molar-refractivity contribution in [3.63, 3.8) is 0 Å². The SMILES string of the molecule is CO[C@@H]1[C@@H](OC)[C@H](C)O[C@@H](OC2Cc3ccc(C)cc3C2)[C@@H]1OC. The second-order valence-corrected chi connectivity index (χ2v) is 6.75. The fourth-order valence-corrected chi connectivity index (χ4v) is 3.92. The first kappa shape index (κ1) is 17.8. The van der Waals surface area contributed by atoms with Crippen molar-refractivity contribution in [2.45, 2.75) is 63.5 Å². The maximum atomic E-state index is 6.29. The van der Waals surface area contributed by atoms with Gasteiger partial charge in [-0.05, 0) is 37.8 Å². The summed E-state index contributed by atoms with van der Waals surface area (Å²) in [6.07, 6.45) is 0.626. The highest BCUT2D eigenvalue weighted by molar-refractivity contribution is 5.36. The van der Waals surface area contributed by atoms with Crippen LogP contribution in [0.1, 0.15) is 23.6 Å². The minimum atomic E-state index is -0.457. The van der Waals surface area contributed by atoms with Crippen molar-refractivity contribution < 1.29 is 23.7 Å². The summed E-state index contributed by atoms with van der Waals surface area (Å²) in [5.41, 5.74) is 4.02. The molecule has 2 aliphatic rings. The van der Waals surface area contributed by atoms with Crippen molar-refractivity contribution in [3.05, 3.63) is 34.9 Å². The van der Waals surface area contributed by atoms with E-state index >= 15 is 0 Å². The Hall–Kier alpha value is -0.980. The van der Waals surface area contributed by atoms with E-state index in [-0.39, 0.29) is 30.5 Å². The molecule has 0 N–H and O–H groups in total. The number of fused-ring (bicyclic) bond motifs is 1. The van der Waals surface area contributed by atoms with Crippen LogP contribution in [0.3, 0.4) is 0 Å². The van der Waals surface area contributed by atoms with Crippen molar-refractivity contribution in [2.75, 3.05) is 21.3 Å². The van der Waals surface area contributed by atoms with Crippen molar-refractivity contribution in [1.29, 1.82) is 0 Å². The summed E-state index contributed by atoms with van der Waals surface area (Å²) in [5.74, 6) is 0. The molecule has 0 aromatic heterocycles. The van der Waals surface area contributed by atoms with Gasteiger partial charge in [0.25, 0.3) is 0 Å². The maximum Gasteiger partial charge on any atom is 0.187 e. The van der Waals surface area contributed by atoms with Crippen LogP contribution in [0.4, 0.5) is 0 Å². The van der Waals surface area contributed by atoms with E-state index in [1.54, 1.807) is 21.3 Å². The maximum absolute atomic E-state index is 6.29. The number of rotatable bonds is 5. The summed E-state index contributed by atoms with van der Waals surface area (Å²) in [6.45, 7) is 4.10. The molecule has 0 saturated carbocycles. The van der Waals surface area contributed by atoms with Crippen LogP contribution in [0.2, 0.25) is 0 Å². The van der Waals surface area contributed by atoms with Crippen LogP contribution in [0, 0.1) is 6.92 Å².